The van der Waals surface area contributed by atoms with Crippen LogP contribution >= 0.6 is 0 Å². The standard InChI is InChI=1S/C22H24N2O/c1-22-9-10-24(2)20(12-16-7-8-18(25-3)13-19(16)22)21(22)17-6-4-5-15(11-17)14-23/h4-8,11,13,20-21H,9-10,12H2,1-3H3/t20?,21-,22+/m0/s1. The normalized spacial score (nSPS) is 28.1. The van der Waals surface area contributed by atoms with Crippen LogP contribution < -0.4 is 4.74 Å². The van der Waals surface area contributed by atoms with Crippen LogP contribution in [0, 0.1) is 11.3 Å². The fourth-order valence-electron chi connectivity index (χ4n) is 4.99. The number of hydrogen-bond donors (Lipinski definition) is 0. The molecule has 0 amide bonds. The van der Waals surface area contributed by atoms with E-state index in [9.17, 15) is 5.26 Å². The molecule has 2 aromatic rings. The van der Waals surface area contributed by atoms with E-state index in [1.54, 1.807) is 7.11 Å². The predicted octanol–water partition coefficient (Wildman–Crippen LogP) is 3.87. The Hall–Kier alpha value is -2.31. The van der Waals surface area contributed by atoms with Crippen LogP contribution in [0.15, 0.2) is 42.5 Å². The van der Waals surface area contributed by atoms with Gasteiger partial charge in [-0.1, -0.05) is 25.1 Å². The van der Waals surface area contributed by atoms with Gasteiger partial charge in [0.15, 0.2) is 0 Å². The van der Waals surface area contributed by atoms with E-state index in [-0.39, 0.29) is 5.41 Å². The van der Waals surface area contributed by atoms with Crippen LogP contribution in [-0.4, -0.2) is 31.6 Å². The molecule has 1 unspecified atom stereocenters. The van der Waals surface area contributed by atoms with Gasteiger partial charge in [0, 0.05) is 17.4 Å². The maximum atomic E-state index is 9.33. The summed E-state index contributed by atoms with van der Waals surface area (Å²) in [7, 11) is 3.97. The highest BCUT2D eigenvalue weighted by atomic mass is 16.5. The molecule has 1 heterocycles. The highest BCUT2D eigenvalue weighted by molar-refractivity contribution is 5.49. The van der Waals surface area contributed by atoms with Crippen LogP contribution in [0.1, 0.15) is 41.5 Å². The van der Waals surface area contributed by atoms with Gasteiger partial charge in [-0.05, 0) is 67.4 Å². The quantitative estimate of drug-likeness (QED) is 0.837. The smallest absolute Gasteiger partial charge is 0.119 e. The van der Waals surface area contributed by atoms with Gasteiger partial charge in [0.25, 0.3) is 0 Å². The van der Waals surface area contributed by atoms with E-state index in [2.05, 4.69) is 55.3 Å². The topological polar surface area (TPSA) is 36.3 Å². The lowest BCUT2D eigenvalue weighted by atomic mass is 9.56. The molecule has 0 saturated carbocycles. The molecule has 2 bridgehead atoms. The van der Waals surface area contributed by atoms with E-state index >= 15 is 0 Å². The molecule has 3 nitrogen and oxygen atoms in total. The van der Waals surface area contributed by atoms with Gasteiger partial charge >= 0.3 is 0 Å². The molecule has 0 N–H and O–H groups in total. The minimum atomic E-state index is 0.0629. The molecule has 4 rings (SSSR count). The lowest BCUT2D eigenvalue weighted by molar-refractivity contribution is 0.0830. The Balaban J connectivity index is 1.90. The fraction of sp³-hybridized carbons (Fsp3) is 0.409. The van der Waals surface area contributed by atoms with Crippen molar-refractivity contribution in [3.63, 3.8) is 0 Å². The molecule has 1 fully saturated rings. The third kappa shape index (κ3) is 2.44. The third-order valence-corrected chi connectivity index (χ3v) is 6.36. The average molecular weight is 332 g/mol. The summed E-state index contributed by atoms with van der Waals surface area (Å²) in [5.74, 6) is 1.32. The van der Waals surface area contributed by atoms with Gasteiger partial charge in [-0.3, -0.25) is 0 Å². The first-order chi connectivity index (χ1) is 12.1. The van der Waals surface area contributed by atoms with E-state index in [0.717, 1.165) is 30.7 Å². The van der Waals surface area contributed by atoms with Crippen molar-refractivity contribution in [3.05, 3.63) is 64.7 Å². The summed E-state index contributed by atoms with van der Waals surface area (Å²) in [5, 5.41) is 9.33. The summed E-state index contributed by atoms with van der Waals surface area (Å²) in [6.07, 6.45) is 2.16. The predicted molar refractivity (Wildman–Crippen MR) is 99.0 cm³/mol. The van der Waals surface area contributed by atoms with Crippen molar-refractivity contribution in [3.8, 4) is 11.8 Å². The van der Waals surface area contributed by atoms with Crippen molar-refractivity contribution in [2.45, 2.75) is 37.1 Å². The van der Waals surface area contributed by atoms with Gasteiger partial charge in [-0.2, -0.15) is 5.26 Å². The van der Waals surface area contributed by atoms with E-state index in [1.807, 2.05) is 12.1 Å². The minimum Gasteiger partial charge on any atom is -0.497 e. The number of ether oxygens (including phenoxy) is 1. The monoisotopic (exact) mass is 332 g/mol. The summed E-state index contributed by atoms with van der Waals surface area (Å²) in [4.78, 5) is 2.50. The molecule has 0 radical (unpaired) electrons. The third-order valence-electron chi connectivity index (χ3n) is 6.36. The summed E-state index contributed by atoms with van der Waals surface area (Å²) in [5.41, 5.74) is 4.95. The highest BCUT2D eigenvalue weighted by Gasteiger charge is 2.50. The van der Waals surface area contributed by atoms with Gasteiger partial charge in [-0.15, -0.1) is 0 Å². The van der Waals surface area contributed by atoms with Crippen LogP contribution in [0.2, 0.25) is 0 Å². The zero-order valence-electron chi connectivity index (χ0n) is 15.1. The Morgan fingerprint density at radius 2 is 2.08 bits per heavy atom. The Labute approximate surface area is 149 Å². The van der Waals surface area contributed by atoms with Crippen LogP contribution in [0.5, 0.6) is 5.75 Å². The molecule has 2 aliphatic rings. The molecular weight excluding hydrogens is 308 g/mol. The van der Waals surface area contributed by atoms with Crippen molar-refractivity contribution in [1.29, 1.82) is 5.26 Å². The Kier molecular flexibility index (Phi) is 3.81. The second-order valence-corrected chi connectivity index (χ2v) is 7.66. The molecule has 0 spiro atoms. The zero-order chi connectivity index (χ0) is 17.6. The first-order valence-corrected chi connectivity index (χ1v) is 8.94. The molecule has 3 atom stereocenters. The fourth-order valence-corrected chi connectivity index (χ4v) is 4.99. The van der Waals surface area contributed by atoms with Gasteiger partial charge < -0.3 is 9.64 Å². The summed E-state index contributed by atoms with van der Waals surface area (Å²) < 4.78 is 5.51. The molecule has 3 heteroatoms. The minimum absolute atomic E-state index is 0.0629. The number of likely N-dealkylation sites (N-methyl/N-ethyl adjacent to an activating group) is 1. The second kappa shape index (κ2) is 5.89. The Morgan fingerprint density at radius 1 is 1.24 bits per heavy atom. The van der Waals surface area contributed by atoms with Gasteiger partial charge in [0.2, 0.25) is 0 Å². The van der Waals surface area contributed by atoms with Gasteiger partial charge in [0.05, 0.1) is 18.7 Å². The number of rotatable bonds is 2. The van der Waals surface area contributed by atoms with Crippen molar-refractivity contribution in [2.24, 2.45) is 0 Å². The maximum Gasteiger partial charge on any atom is 0.119 e. The molecule has 128 valence electrons. The van der Waals surface area contributed by atoms with E-state index in [4.69, 9.17) is 4.74 Å². The van der Waals surface area contributed by atoms with Crippen LogP contribution in [-0.2, 0) is 11.8 Å². The molecule has 1 saturated heterocycles. The highest BCUT2D eigenvalue weighted by Crippen LogP contribution is 2.53. The Bertz CT molecular complexity index is 853. The number of methoxy groups -OCH3 is 1. The number of nitrogens with zero attached hydrogens (tertiary/aromatic N) is 2. The second-order valence-electron chi connectivity index (χ2n) is 7.66. The molecule has 2 aromatic carbocycles. The lowest BCUT2D eigenvalue weighted by Gasteiger charge is -2.55. The van der Waals surface area contributed by atoms with Gasteiger partial charge in [-0.25, -0.2) is 0 Å². The van der Waals surface area contributed by atoms with Crippen molar-refractivity contribution in [2.75, 3.05) is 20.7 Å². The number of benzene rings is 2. The maximum absolute atomic E-state index is 9.33. The van der Waals surface area contributed by atoms with Crippen molar-refractivity contribution < 1.29 is 4.74 Å². The molecule has 1 aliphatic carbocycles. The summed E-state index contributed by atoms with van der Waals surface area (Å²) in [6, 6.07) is 17.5. The summed E-state index contributed by atoms with van der Waals surface area (Å²) >= 11 is 0. The van der Waals surface area contributed by atoms with Crippen LogP contribution in [0.3, 0.4) is 0 Å². The lowest BCUT2D eigenvalue weighted by Crippen LogP contribution is -2.56. The molecule has 25 heavy (non-hydrogen) atoms. The van der Waals surface area contributed by atoms with Crippen LogP contribution in [0.4, 0.5) is 0 Å². The Morgan fingerprint density at radius 3 is 2.84 bits per heavy atom. The van der Waals surface area contributed by atoms with Crippen molar-refractivity contribution >= 4 is 0 Å². The molecule has 0 aromatic heterocycles. The van der Waals surface area contributed by atoms with Crippen LogP contribution in [0.25, 0.3) is 0 Å². The average Bonchev–Trinajstić information content (AvgIpc) is 2.65. The number of fused-ring (bicyclic) bond motifs is 4. The summed E-state index contributed by atoms with van der Waals surface area (Å²) in [6.45, 7) is 3.50. The van der Waals surface area contributed by atoms with E-state index in [1.165, 1.54) is 16.7 Å². The van der Waals surface area contributed by atoms with Gasteiger partial charge in [0.1, 0.15) is 5.75 Å². The van der Waals surface area contributed by atoms with E-state index < -0.39 is 0 Å². The molecule has 1 aliphatic heterocycles. The number of likely N-dealkylation sites (tertiary alicyclic amines) is 1. The number of nitriles is 1. The number of piperidine rings is 1. The van der Waals surface area contributed by atoms with E-state index in [0.29, 0.717) is 12.0 Å². The first-order valence-electron chi connectivity index (χ1n) is 8.94. The SMILES string of the molecule is COc1ccc2c(c1)[C@@]1(C)CCN(C)C(C2)[C@@H]1c1cccc(C#N)c1. The molecular formula is C22H24N2O. The number of hydrogen-bond acceptors (Lipinski definition) is 3. The zero-order valence-corrected chi connectivity index (χ0v) is 15.1. The van der Waals surface area contributed by atoms with Crippen molar-refractivity contribution in [1.82, 2.24) is 4.90 Å². The largest absolute Gasteiger partial charge is 0.497 e. The first kappa shape index (κ1) is 16.2.